The van der Waals surface area contributed by atoms with Gasteiger partial charge in [0.25, 0.3) is 0 Å². The number of rotatable bonds is 12. The summed E-state index contributed by atoms with van der Waals surface area (Å²) in [4.78, 5) is 29.0. The molecule has 2 aliphatic rings. The van der Waals surface area contributed by atoms with Crippen molar-refractivity contribution in [1.29, 1.82) is 0 Å². The summed E-state index contributed by atoms with van der Waals surface area (Å²) in [7, 11) is 6.34. The first-order chi connectivity index (χ1) is 17.4. The Bertz CT molecular complexity index is 858. The van der Waals surface area contributed by atoms with Crippen LogP contribution in [0.4, 0.5) is 0 Å². The molecule has 1 aliphatic heterocycles. The molecule has 0 radical (unpaired) electrons. The van der Waals surface area contributed by atoms with E-state index >= 15 is 0 Å². The van der Waals surface area contributed by atoms with E-state index in [1.165, 1.54) is 0 Å². The zero-order valence-electron chi connectivity index (χ0n) is 22.3. The minimum Gasteiger partial charge on any atom is -0.493 e. The van der Waals surface area contributed by atoms with E-state index in [1.54, 1.807) is 33.3 Å². The van der Waals surface area contributed by atoms with Gasteiger partial charge in [0.15, 0.2) is 11.5 Å². The van der Waals surface area contributed by atoms with Gasteiger partial charge in [-0.2, -0.15) is 0 Å². The van der Waals surface area contributed by atoms with Crippen LogP contribution >= 0.6 is 0 Å². The lowest BCUT2D eigenvalue weighted by Crippen LogP contribution is -2.60. The number of hydrogen-bond acceptors (Lipinski definition) is 6. The zero-order chi connectivity index (χ0) is 26.1. The maximum atomic E-state index is 14.5. The Balaban J connectivity index is 2.05. The van der Waals surface area contributed by atoms with Crippen LogP contribution in [0.25, 0.3) is 0 Å². The molecule has 1 aromatic carbocycles. The van der Waals surface area contributed by atoms with E-state index in [-0.39, 0.29) is 11.8 Å². The van der Waals surface area contributed by atoms with E-state index in [4.69, 9.17) is 18.9 Å². The molecule has 1 aliphatic carbocycles. The largest absolute Gasteiger partial charge is 0.493 e. The maximum absolute atomic E-state index is 14.5. The lowest BCUT2D eigenvalue weighted by atomic mass is 9.74. The van der Waals surface area contributed by atoms with Gasteiger partial charge in [-0.1, -0.05) is 19.3 Å². The molecule has 36 heavy (non-hydrogen) atoms. The Hall–Kier alpha value is -2.48. The number of likely N-dealkylation sites (tertiary alicyclic amines) is 1. The average Bonchev–Trinajstić information content (AvgIpc) is 2.91. The molecule has 1 saturated carbocycles. The quantitative estimate of drug-likeness (QED) is 0.398. The Morgan fingerprint density at radius 2 is 1.64 bits per heavy atom. The van der Waals surface area contributed by atoms with E-state index in [0.29, 0.717) is 49.7 Å². The summed E-state index contributed by atoms with van der Waals surface area (Å²) < 4.78 is 21.9. The summed E-state index contributed by atoms with van der Waals surface area (Å²) >= 11 is 0. The molecule has 1 N–H and O–H groups in total. The fraction of sp³-hybridized carbons (Fsp3) is 0.714. The number of methoxy groups -OCH3 is 4. The monoisotopic (exact) mass is 505 g/mol. The number of carboxylic acids is 1. The predicted octanol–water partition coefficient (Wildman–Crippen LogP) is 5.03. The fourth-order valence-corrected chi connectivity index (χ4v) is 6.14. The lowest BCUT2D eigenvalue weighted by molar-refractivity contribution is -0.164. The Labute approximate surface area is 215 Å². The summed E-state index contributed by atoms with van der Waals surface area (Å²) in [5, 5.41) is 10.5. The molecule has 1 amide bonds. The van der Waals surface area contributed by atoms with Crippen molar-refractivity contribution in [3.8, 4) is 17.2 Å². The molecular weight excluding hydrogens is 462 g/mol. The molecule has 0 bridgehead atoms. The molecule has 0 spiro atoms. The number of amides is 1. The molecule has 0 unspecified atom stereocenters. The van der Waals surface area contributed by atoms with Crippen molar-refractivity contribution in [2.75, 3.05) is 41.6 Å². The van der Waals surface area contributed by atoms with Crippen LogP contribution in [-0.2, 0) is 14.3 Å². The van der Waals surface area contributed by atoms with Crippen molar-refractivity contribution in [2.45, 2.75) is 82.1 Å². The van der Waals surface area contributed by atoms with E-state index in [2.05, 4.69) is 0 Å². The van der Waals surface area contributed by atoms with Gasteiger partial charge in [-0.05, 0) is 75.0 Å². The number of piperidine rings is 1. The smallest absolute Gasteiger partial charge is 0.329 e. The lowest BCUT2D eigenvalue weighted by Gasteiger charge is -2.47. The van der Waals surface area contributed by atoms with Crippen molar-refractivity contribution in [3.05, 3.63) is 17.7 Å². The van der Waals surface area contributed by atoms with E-state index < -0.39 is 17.4 Å². The maximum Gasteiger partial charge on any atom is 0.329 e. The molecule has 3 rings (SSSR count). The summed E-state index contributed by atoms with van der Waals surface area (Å²) in [6, 6.07) is 3.73. The van der Waals surface area contributed by atoms with Crippen LogP contribution in [-0.4, -0.2) is 69.0 Å². The molecule has 8 heteroatoms. The molecular formula is C28H43NO7. The normalized spacial score (nSPS) is 21.6. The van der Waals surface area contributed by atoms with Gasteiger partial charge in [-0.25, -0.2) is 4.79 Å². The van der Waals surface area contributed by atoms with Crippen molar-refractivity contribution < 1.29 is 33.6 Å². The van der Waals surface area contributed by atoms with Gasteiger partial charge in [-0.15, -0.1) is 0 Å². The third-order valence-corrected chi connectivity index (χ3v) is 8.03. The third-order valence-electron chi connectivity index (χ3n) is 8.03. The third kappa shape index (κ3) is 5.90. The van der Waals surface area contributed by atoms with Gasteiger partial charge in [0, 0.05) is 20.3 Å². The first-order valence-corrected chi connectivity index (χ1v) is 13.3. The van der Waals surface area contributed by atoms with Crippen molar-refractivity contribution >= 4 is 11.9 Å². The van der Waals surface area contributed by atoms with Crippen LogP contribution < -0.4 is 14.2 Å². The number of carbonyl (C=O) groups is 2. The van der Waals surface area contributed by atoms with E-state index in [9.17, 15) is 14.7 Å². The van der Waals surface area contributed by atoms with Crippen LogP contribution in [0.3, 0.4) is 0 Å². The first kappa shape index (κ1) is 28.1. The van der Waals surface area contributed by atoms with Crippen LogP contribution in [0.2, 0.25) is 0 Å². The second-order valence-corrected chi connectivity index (χ2v) is 10.1. The highest BCUT2D eigenvalue weighted by Crippen LogP contribution is 2.46. The Morgan fingerprint density at radius 1 is 0.972 bits per heavy atom. The molecule has 1 heterocycles. The summed E-state index contributed by atoms with van der Waals surface area (Å²) in [6.45, 7) is 1.04. The molecule has 202 valence electrons. The van der Waals surface area contributed by atoms with Gasteiger partial charge in [0.05, 0.1) is 27.2 Å². The molecule has 1 saturated heterocycles. The number of benzene rings is 1. The van der Waals surface area contributed by atoms with Gasteiger partial charge in [0.2, 0.25) is 11.7 Å². The van der Waals surface area contributed by atoms with Crippen LogP contribution in [0, 0.1) is 5.92 Å². The van der Waals surface area contributed by atoms with Crippen molar-refractivity contribution in [1.82, 2.24) is 4.90 Å². The number of nitrogens with zero attached hydrogens (tertiary/aromatic N) is 1. The van der Waals surface area contributed by atoms with Crippen LogP contribution in [0.1, 0.15) is 82.1 Å². The number of hydrogen-bond donors (Lipinski definition) is 1. The number of ether oxygens (including phenoxy) is 4. The first-order valence-electron chi connectivity index (χ1n) is 13.3. The van der Waals surface area contributed by atoms with Gasteiger partial charge < -0.3 is 29.0 Å². The number of carboxylic acid groups (broad SMARTS) is 1. The van der Waals surface area contributed by atoms with Crippen LogP contribution in [0.5, 0.6) is 17.2 Å². The second-order valence-electron chi connectivity index (χ2n) is 10.1. The highest BCUT2D eigenvalue weighted by Gasteiger charge is 2.50. The minimum absolute atomic E-state index is 0.0926. The molecule has 2 atom stereocenters. The van der Waals surface area contributed by atoms with Gasteiger partial charge >= 0.3 is 5.97 Å². The molecule has 2 fully saturated rings. The summed E-state index contributed by atoms with van der Waals surface area (Å²) in [5.41, 5.74) is -0.387. The van der Waals surface area contributed by atoms with E-state index in [1.807, 2.05) is 12.1 Å². The Kier molecular flexibility index (Phi) is 10.3. The standard InChI is InChI=1S/C28H43NO7/c1-33-17-11-9-15-28(27(31)32)14-8-10-16-29(28)26(30)24(20-12-6-5-7-13-20)21-18-22(34-2)25(36-4)23(19-21)35-3/h18-20,24H,5-17H2,1-4H3,(H,31,32)/t24-,28-/m0/s1. The minimum atomic E-state index is -1.18. The number of aliphatic carboxylic acids is 1. The second kappa shape index (κ2) is 13.2. The number of carbonyl (C=O) groups excluding carboxylic acids is 1. The SMILES string of the molecule is COCCCC[C@]1(C(=O)O)CCCCN1C(=O)[C@H](c1cc(OC)c(OC)c(OC)c1)C1CCCCC1. The molecule has 0 aromatic heterocycles. The van der Waals surface area contributed by atoms with Crippen LogP contribution in [0.15, 0.2) is 12.1 Å². The van der Waals surface area contributed by atoms with E-state index in [0.717, 1.165) is 56.9 Å². The highest BCUT2D eigenvalue weighted by atomic mass is 16.5. The van der Waals surface area contributed by atoms with Gasteiger partial charge in [-0.3, -0.25) is 4.79 Å². The summed E-state index contributed by atoms with van der Waals surface area (Å²) in [6.07, 6.45) is 9.18. The van der Waals surface area contributed by atoms with Crippen molar-refractivity contribution in [2.24, 2.45) is 5.92 Å². The fourth-order valence-electron chi connectivity index (χ4n) is 6.14. The van der Waals surface area contributed by atoms with Crippen molar-refractivity contribution in [3.63, 3.8) is 0 Å². The highest BCUT2D eigenvalue weighted by molar-refractivity contribution is 5.91. The zero-order valence-corrected chi connectivity index (χ0v) is 22.3. The number of unbranched alkanes of at least 4 members (excludes halogenated alkanes) is 1. The molecule has 1 aromatic rings. The predicted molar refractivity (Wildman–Crippen MR) is 137 cm³/mol. The topological polar surface area (TPSA) is 94.5 Å². The average molecular weight is 506 g/mol. The summed E-state index contributed by atoms with van der Waals surface area (Å²) in [5.74, 6) is 0.164. The molecule has 8 nitrogen and oxygen atoms in total. The Morgan fingerprint density at radius 3 is 2.19 bits per heavy atom. The van der Waals surface area contributed by atoms with Gasteiger partial charge in [0.1, 0.15) is 5.54 Å².